The second kappa shape index (κ2) is 12.2. The van der Waals surface area contributed by atoms with Crippen LogP contribution in [0.5, 0.6) is 0 Å². The fourth-order valence-electron chi connectivity index (χ4n) is 7.55. The van der Waals surface area contributed by atoms with Gasteiger partial charge in [-0.25, -0.2) is 0 Å². The first-order valence-electron chi connectivity index (χ1n) is 17.3. The molecule has 0 aliphatic heterocycles. The van der Waals surface area contributed by atoms with Gasteiger partial charge in [-0.2, -0.15) is 0 Å². The van der Waals surface area contributed by atoms with Crippen molar-refractivity contribution in [2.24, 2.45) is 0 Å². The molecule has 0 aliphatic carbocycles. The predicted molar refractivity (Wildman–Crippen MR) is 218 cm³/mol. The molecule has 2 nitrogen and oxygen atoms in total. The van der Waals surface area contributed by atoms with E-state index in [0.29, 0.717) is 0 Å². The van der Waals surface area contributed by atoms with Gasteiger partial charge in [0.25, 0.3) is 0 Å². The molecular weight excluding hydrogens is 639 g/mol. The molecule has 0 N–H and O–H groups in total. The summed E-state index contributed by atoms with van der Waals surface area (Å²) in [7, 11) is 0. The lowest BCUT2D eigenvalue weighted by Gasteiger charge is -2.28. The molecule has 0 saturated carbocycles. The summed E-state index contributed by atoms with van der Waals surface area (Å²) in [6.45, 7) is 0. The van der Waals surface area contributed by atoms with Gasteiger partial charge < -0.3 is 9.32 Å². The Morgan fingerprint density at radius 1 is 0.392 bits per heavy atom. The van der Waals surface area contributed by atoms with Gasteiger partial charge in [-0.05, 0) is 64.2 Å². The van der Waals surface area contributed by atoms with Crippen LogP contribution in [0.4, 0.5) is 17.1 Å². The third kappa shape index (κ3) is 4.93. The quantitative estimate of drug-likeness (QED) is 0.175. The van der Waals surface area contributed by atoms with Crippen molar-refractivity contribution < 1.29 is 4.42 Å². The maximum absolute atomic E-state index is 6.85. The highest BCUT2D eigenvalue weighted by Crippen LogP contribution is 2.48. The Morgan fingerprint density at radius 3 is 1.80 bits per heavy atom. The SMILES string of the molecule is c1ccc(-c2ccccc2N(c2ccc(-c3cccc4c3sc3ccccc34)cc2)c2ccc(-c3ccccc3)c3c2oc2ccccc23)cc1. The number of para-hydroxylation sites is 2. The average molecular weight is 670 g/mol. The third-order valence-corrected chi connectivity index (χ3v) is 11.1. The second-order valence-corrected chi connectivity index (χ2v) is 13.9. The Balaban J connectivity index is 1.21. The van der Waals surface area contributed by atoms with E-state index in [9.17, 15) is 0 Å². The number of anilines is 3. The van der Waals surface area contributed by atoms with E-state index in [0.717, 1.165) is 61.3 Å². The van der Waals surface area contributed by atoms with Crippen LogP contribution in [0.3, 0.4) is 0 Å². The summed E-state index contributed by atoms with van der Waals surface area (Å²) >= 11 is 1.87. The van der Waals surface area contributed by atoms with Crippen LogP contribution in [-0.4, -0.2) is 0 Å². The molecular formula is C48H31NOS. The standard InChI is InChI=1S/C48H31NOS/c1-3-14-32(15-4-1)36-18-7-10-23-42(36)49(35-28-26-34(27-29-35)38-21-13-22-40-39-19-9-12-25-45(39)51-48(38)40)43-31-30-37(33-16-5-2-6-17-33)46-41-20-8-11-24-44(41)50-47(43)46/h1-31H. The number of hydrogen-bond acceptors (Lipinski definition) is 3. The van der Waals surface area contributed by atoms with E-state index >= 15 is 0 Å². The van der Waals surface area contributed by atoms with Gasteiger partial charge in [0, 0.05) is 42.2 Å². The van der Waals surface area contributed by atoms with Gasteiger partial charge in [-0.1, -0.05) is 152 Å². The summed E-state index contributed by atoms with van der Waals surface area (Å²) in [6.07, 6.45) is 0. The summed E-state index contributed by atoms with van der Waals surface area (Å²) < 4.78 is 9.48. The van der Waals surface area contributed by atoms with Gasteiger partial charge in [0.2, 0.25) is 0 Å². The fourth-order valence-corrected chi connectivity index (χ4v) is 8.79. The van der Waals surface area contributed by atoms with Crippen LogP contribution >= 0.6 is 11.3 Å². The van der Waals surface area contributed by atoms with Crippen molar-refractivity contribution >= 4 is 70.5 Å². The molecule has 51 heavy (non-hydrogen) atoms. The highest BCUT2D eigenvalue weighted by Gasteiger charge is 2.24. The van der Waals surface area contributed by atoms with E-state index in [1.54, 1.807) is 0 Å². The lowest BCUT2D eigenvalue weighted by molar-refractivity contribution is 0.669. The molecule has 0 radical (unpaired) electrons. The molecule has 0 fully saturated rings. The molecule has 0 bridgehead atoms. The maximum atomic E-state index is 6.85. The van der Waals surface area contributed by atoms with Crippen molar-refractivity contribution in [1.29, 1.82) is 0 Å². The molecule has 3 heteroatoms. The number of hydrogen-bond donors (Lipinski definition) is 0. The van der Waals surface area contributed by atoms with Crippen molar-refractivity contribution in [1.82, 2.24) is 0 Å². The molecule has 0 aliphatic rings. The van der Waals surface area contributed by atoms with Gasteiger partial charge in [0.05, 0.1) is 11.4 Å². The smallest absolute Gasteiger partial charge is 0.160 e. The molecule has 0 atom stereocenters. The van der Waals surface area contributed by atoms with Crippen LogP contribution in [0.25, 0.3) is 75.5 Å². The highest BCUT2D eigenvalue weighted by atomic mass is 32.1. The minimum Gasteiger partial charge on any atom is -0.454 e. The predicted octanol–water partition coefficient (Wildman–Crippen LogP) is 14.4. The molecule has 0 unspecified atom stereocenters. The number of furan rings is 1. The fraction of sp³-hybridized carbons (Fsp3) is 0. The number of thiophene rings is 1. The normalized spacial score (nSPS) is 11.5. The van der Waals surface area contributed by atoms with Gasteiger partial charge >= 0.3 is 0 Å². The second-order valence-electron chi connectivity index (χ2n) is 12.8. The largest absolute Gasteiger partial charge is 0.454 e. The first-order valence-corrected chi connectivity index (χ1v) is 18.1. The van der Waals surface area contributed by atoms with Gasteiger partial charge in [0.15, 0.2) is 5.58 Å². The zero-order chi connectivity index (χ0) is 33.7. The first kappa shape index (κ1) is 29.5. The van der Waals surface area contributed by atoms with Gasteiger partial charge in [0.1, 0.15) is 5.58 Å². The Bertz CT molecular complexity index is 2850. The van der Waals surface area contributed by atoms with Crippen LogP contribution in [-0.2, 0) is 0 Å². The van der Waals surface area contributed by atoms with Crippen molar-refractivity contribution in [2.75, 3.05) is 4.90 Å². The topological polar surface area (TPSA) is 16.4 Å². The van der Waals surface area contributed by atoms with Crippen molar-refractivity contribution in [3.8, 4) is 33.4 Å². The molecule has 8 aromatic carbocycles. The van der Waals surface area contributed by atoms with Crippen LogP contribution in [0, 0.1) is 0 Å². The van der Waals surface area contributed by atoms with E-state index in [2.05, 4.69) is 187 Å². The zero-order valence-electron chi connectivity index (χ0n) is 27.7. The zero-order valence-corrected chi connectivity index (χ0v) is 28.5. The number of fused-ring (bicyclic) bond motifs is 6. The minimum absolute atomic E-state index is 0.861. The molecule has 0 spiro atoms. The Labute approximate surface area is 300 Å². The molecule has 0 amide bonds. The minimum atomic E-state index is 0.861. The molecule has 2 aromatic heterocycles. The molecule has 10 rings (SSSR count). The summed E-state index contributed by atoms with van der Waals surface area (Å²) in [5.41, 5.74) is 11.9. The van der Waals surface area contributed by atoms with Crippen molar-refractivity contribution in [3.63, 3.8) is 0 Å². The molecule has 0 saturated heterocycles. The summed E-state index contributed by atoms with van der Waals surface area (Å²) in [4.78, 5) is 2.37. The third-order valence-electron chi connectivity index (χ3n) is 9.90. The van der Waals surface area contributed by atoms with Gasteiger partial charge in [-0.15, -0.1) is 11.3 Å². The maximum Gasteiger partial charge on any atom is 0.160 e. The number of benzene rings is 8. The van der Waals surface area contributed by atoms with E-state index < -0.39 is 0 Å². The Morgan fingerprint density at radius 2 is 1.00 bits per heavy atom. The van der Waals surface area contributed by atoms with E-state index in [1.807, 2.05) is 17.4 Å². The van der Waals surface area contributed by atoms with Gasteiger partial charge in [-0.3, -0.25) is 0 Å². The summed E-state index contributed by atoms with van der Waals surface area (Å²) in [5.74, 6) is 0. The molecule has 10 aromatic rings. The van der Waals surface area contributed by atoms with E-state index in [-0.39, 0.29) is 0 Å². The summed E-state index contributed by atoms with van der Waals surface area (Å²) in [5, 5.41) is 4.84. The van der Waals surface area contributed by atoms with Crippen LogP contribution in [0.1, 0.15) is 0 Å². The number of rotatable bonds is 6. The van der Waals surface area contributed by atoms with Crippen LogP contribution < -0.4 is 4.90 Å². The Kier molecular flexibility index (Phi) is 7.04. The highest BCUT2D eigenvalue weighted by molar-refractivity contribution is 7.26. The van der Waals surface area contributed by atoms with Crippen LogP contribution in [0.15, 0.2) is 192 Å². The van der Waals surface area contributed by atoms with E-state index in [1.165, 1.54) is 31.3 Å². The van der Waals surface area contributed by atoms with E-state index in [4.69, 9.17) is 4.42 Å². The Hall–Kier alpha value is -6.42. The van der Waals surface area contributed by atoms with Crippen molar-refractivity contribution in [3.05, 3.63) is 188 Å². The molecule has 2 heterocycles. The summed E-state index contributed by atoms with van der Waals surface area (Å²) in [6, 6.07) is 67.2. The average Bonchev–Trinajstić information content (AvgIpc) is 3.79. The number of nitrogens with zero attached hydrogens (tertiary/aromatic N) is 1. The first-order chi connectivity index (χ1) is 25.3. The lowest BCUT2D eigenvalue weighted by atomic mass is 9.97. The lowest BCUT2D eigenvalue weighted by Crippen LogP contribution is -2.11. The molecule has 240 valence electrons. The van der Waals surface area contributed by atoms with Crippen molar-refractivity contribution in [2.45, 2.75) is 0 Å². The monoisotopic (exact) mass is 669 g/mol. The van der Waals surface area contributed by atoms with Crippen LogP contribution in [0.2, 0.25) is 0 Å².